The number of sulfone groups is 1. The van der Waals surface area contributed by atoms with E-state index in [1.54, 1.807) is 25.3 Å². The van der Waals surface area contributed by atoms with Crippen LogP contribution in [0.3, 0.4) is 0 Å². The topological polar surface area (TPSA) is 94.7 Å². The molecule has 1 saturated carbocycles. The van der Waals surface area contributed by atoms with Crippen LogP contribution in [0.4, 0.5) is 14.9 Å². The van der Waals surface area contributed by atoms with Crippen LogP contribution < -0.4 is 10.2 Å². The van der Waals surface area contributed by atoms with Crippen LogP contribution in [0.2, 0.25) is 0 Å². The van der Waals surface area contributed by atoms with E-state index in [9.17, 15) is 13.2 Å². The fraction of sp³-hybridized carbons (Fsp3) is 0.675. The molecule has 1 N–H and O–H groups in total. The van der Waals surface area contributed by atoms with Gasteiger partial charge in [-0.25, -0.2) is 17.6 Å². The minimum Gasteiger partial charge on any atom is -0.453 e. The lowest BCUT2D eigenvalue weighted by molar-refractivity contribution is -0.0657. The Labute approximate surface area is 309 Å². The zero-order valence-corrected chi connectivity index (χ0v) is 32.1. The molecule has 0 radical (unpaired) electrons. The number of amides is 1. The van der Waals surface area contributed by atoms with Crippen molar-refractivity contribution in [2.45, 2.75) is 78.6 Å². The third-order valence-corrected chi connectivity index (χ3v) is 15.6. The molecule has 0 spiro atoms. The van der Waals surface area contributed by atoms with Gasteiger partial charge in [0.1, 0.15) is 11.4 Å². The zero-order valence-electron chi connectivity index (χ0n) is 31.3. The molecule has 0 aromatic heterocycles. The molecule has 286 valence electrons. The number of nitrogens with zero attached hydrogens (tertiary/aromatic N) is 4. The first-order chi connectivity index (χ1) is 25.0. The van der Waals surface area contributed by atoms with Crippen molar-refractivity contribution in [1.82, 2.24) is 20.0 Å². The summed E-state index contributed by atoms with van der Waals surface area (Å²) in [7, 11) is 1.93. The Kier molecular flexibility index (Phi) is 11.2. The van der Waals surface area contributed by atoms with Gasteiger partial charge in [-0.15, -0.1) is 0 Å². The van der Waals surface area contributed by atoms with Crippen molar-refractivity contribution in [3.63, 3.8) is 0 Å². The van der Waals surface area contributed by atoms with Gasteiger partial charge in [-0.1, -0.05) is 18.6 Å². The van der Waals surface area contributed by atoms with Crippen LogP contribution in [-0.2, 0) is 24.7 Å². The summed E-state index contributed by atoms with van der Waals surface area (Å²) in [6.07, 6.45) is 7.05. The van der Waals surface area contributed by atoms with E-state index in [0.29, 0.717) is 23.7 Å². The fourth-order valence-electron chi connectivity index (χ4n) is 10.2. The molecule has 1 amide bonds. The smallest absolute Gasteiger partial charge is 0.407 e. The number of rotatable bonds is 12. The number of halogens is 1. The summed E-state index contributed by atoms with van der Waals surface area (Å²) >= 11 is 0. The second-order valence-corrected chi connectivity index (χ2v) is 18.5. The molecule has 2 aromatic rings. The molecular weight excluding hydrogens is 682 g/mol. The highest BCUT2D eigenvalue weighted by Gasteiger charge is 2.54. The number of hydrogen-bond acceptors (Lipinski definition) is 9. The summed E-state index contributed by atoms with van der Waals surface area (Å²) in [6.45, 7) is 8.79. The summed E-state index contributed by atoms with van der Waals surface area (Å²) in [6, 6.07) is 14.7. The van der Waals surface area contributed by atoms with Gasteiger partial charge in [-0.2, -0.15) is 0 Å². The third-order valence-electron chi connectivity index (χ3n) is 13.3. The van der Waals surface area contributed by atoms with Crippen LogP contribution in [0, 0.1) is 17.7 Å². The van der Waals surface area contributed by atoms with Crippen molar-refractivity contribution in [3.05, 3.63) is 59.9 Å². The Bertz CT molecular complexity index is 1640. The first-order valence-corrected chi connectivity index (χ1v) is 21.0. The predicted octanol–water partition coefficient (Wildman–Crippen LogP) is 4.78. The van der Waals surface area contributed by atoms with Crippen LogP contribution >= 0.6 is 0 Å². The average molecular weight is 740 g/mol. The number of carbonyl (C=O) groups is 1. The highest BCUT2D eigenvalue weighted by Crippen LogP contribution is 2.51. The van der Waals surface area contributed by atoms with E-state index in [4.69, 9.17) is 9.47 Å². The Morgan fingerprint density at radius 2 is 1.62 bits per heavy atom. The summed E-state index contributed by atoms with van der Waals surface area (Å²) in [5.41, 5.74) is 1.49. The van der Waals surface area contributed by atoms with Crippen LogP contribution in [0.5, 0.6) is 0 Å². The summed E-state index contributed by atoms with van der Waals surface area (Å²) < 4.78 is 53.0. The fourth-order valence-corrected chi connectivity index (χ4v) is 11.9. The minimum absolute atomic E-state index is 0.0174. The Morgan fingerprint density at radius 3 is 2.23 bits per heavy atom. The average Bonchev–Trinajstić information content (AvgIpc) is 3.58. The third kappa shape index (κ3) is 7.47. The second-order valence-electron chi connectivity index (χ2n) is 16.3. The molecule has 2 aromatic carbocycles. The molecule has 3 atom stereocenters. The van der Waals surface area contributed by atoms with Gasteiger partial charge in [-0.05, 0) is 145 Å². The van der Waals surface area contributed by atoms with E-state index in [2.05, 4.69) is 31.0 Å². The Morgan fingerprint density at radius 1 is 0.904 bits per heavy atom. The Hall–Kier alpha value is -2.77. The van der Waals surface area contributed by atoms with Gasteiger partial charge >= 0.3 is 6.09 Å². The lowest BCUT2D eigenvalue weighted by atomic mass is 9.57. The molecule has 1 aliphatic carbocycles. The number of piperidine rings is 2. The maximum atomic E-state index is 15.0. The molecule has 7 rings (SSSR count). The molecule has 12 heteroatoms. The van der Waals surface area contributed by atoms with Crippen molar-refractivity contribution in [1.29, 1.82) is 0 Å². The molecule has 4 heterocycles. The van der Waals surface area contributed by atoms with Crippen LogP contribution in [-0.4, -0.2) is 133 Å². The molecule has 1 unspecified atom stereocenters. The molecule has 5 fully saturated rings. The van der Waals surface area contributed by atoms with Crippen molar-refractivity contribution in [2.75, 3.05) is 91.6 Å². The maximum absolute atomic E-state index is 15.0. The molecule has 4 aliphatic heterocycles. The maximum Gasteiger partial charge on any atom is 0.407 e. The van der Waals surface area contributed by atoms with Gasteiger partial charge in [0.2, 0.25) is 0 Å². The first-order valence-electron chi connectivity index (χ1n) is 19.4. The van der Waals surface area contributed by atoms with E-state index >= 15 is 4.39 Å². The number of ether oxygens (including phenoxy) is 2. The highest BCUT2D eigenvalue weighted by atomic mass is 32.2. The molecule has 52 heavy (non-hydrogen) atoms. The normalized spacial score (nSPS) is 26.3. The van der Waals surface area contributed by atoms with Crippen LogP contribution in [0.25, 0.3) is 0 Å². The largest absolute Gasteiger partial charge is 0.453 e. The van der Waals surface area contributed by atoms with E-state index < -0.39 is 15.9 Å². The van der Waals surface area contributed by atoms with Gasteiger partial charge in [0, 0.05) is 37.3 Å². The second kappa shape index (κ2) is 15.5. The van der Waals surface area contributed by atoms with Crippen molar-refractivity contribution < 1.29 is 27.1 Å². The molecule has 5 aliphatic rings. The number of alkyl carbamates (subject to hydrolysis) is 1. The SMILES string of the molecule is COC(=O)N[C@H]1CCC[C@@H]1C(CN1CCC1)(c1cccc(F)c1)C1CCN(CC2(OC)CN(c3ccc(S(=O)(=O)C4CCN(C)CC4)cc3)C2)CC1. The molecule has 0 bridgehead atoms. The lowest BCUT2D eigenvalue weighted by Crippen LogP contribution is -2.68. The predicted molar refractivity (Wildman–Crippen MR) is 201 cm³/mol. The van der Waals surface area contributed by atoms with Crippen molar-refractivity contribution in [2.24, 2.45) is 11.8 Å². The standard InChI is InChI=1S/C40H58FN5O5S/c1-43-21-17-35(18-22-43)52(48,49)34-13-11-33(12-14-34)46-27-39(28-46,51-3)26-45-23-15-30(16-24-45)40(29-44-19-6-20-44,31-7-4-8-32(41)25-31)36-9-5-10-37(36)42-38(47)50-2/h4,7-8,11-14,25,30,35-37H,5-6,9-10,15-24,26-29H2,1-3H3,(H,42,47)/t36-,37-,40?/m0/s1. The van der Waals surface area contributed by atoms with Gasteiger partial charge in [0.05, 0.1) is 30.3 Å². The minimum atomic E-state index is -3.34. The van der Waals surface area contributed by atoms with Crippen LogP contribution in [0.1, 0.15) is 56.9 Å². The number of benzene rings is 2. The lowest BCUT2D eigenvalue weighted by Gasteiger charge is -2.55. The zero-order chi connectivity index (χ0) is 36.5. The highest BCUT2D eigenvalue weighted by molar-refractivity contribution is 7.92. The number of carbonyl (C=O) groups excluding carboxylic acids is 1. The monoisotopic (exact) mass is 739 g/mol. The molecule has 10 nitrogen and oxygen atoms in total. The van der Waals surface area contributed by atoms with Crippen LogP contribution in [0.15, 0.2) is 53.4 Å². The van der Waals surface area contributed by atoms with E-state index in [-0.39, 0.29) is 34.0 Å². The quantitative estimate of drug-likeness (QED) is 0.330. The number of nitrogens with one attached hydrogen (secondary N) is 1. The number of hydrogen-bond donors (Lipinski definition) is 1. The van der Waals surface area contributed by atoms with Gasteiger partial charge in [-0.3, -0.25) is 0 Å². The summed E-state index contributed by atoms with van der Waals surface area (Å²) in [5, 5.41) is 2.88. The van der Waals surface area contributed by atoms with Gasteiger partial charge in [0.15, 0.2) is 9.84 Å². The first kappa shape index (κ1) is 37.5. The molecular formula is C40H58FN5O5S. The number of anilines is 1. The number of methoxy groups -OCH3 is 2. The van der Waals surface area contributed by atoms with E-state index in [1.807, 2.05) is 25.2 Å². The summed E-state index contributed by atoms with van der Waals surface area (Å²) in [4.78, 5) is 22.5. The van der Waals surface area contributed by atoms with Gasteiger partial charge < -0.3 is 34.4 Å². The van der Waals surface area contributed by atoms with E-state index in [1.165, 1.54) is 19.6 Å². The molecule has 4 saturated heterocycles. The number of likely N-dealkylation sites (tertiary alicyclic amines) is 3. The Balaban J connectivity index is 1.03. The van der Waals surface area contributed by atoms with Crippen molar-refractivity contribution >= 4 is 21.6 Å². The van der Waals surface area contributed by atoms with E-state index in [0.717, 1.165) is 109 Å². The summed E-state index contributed by atoms with van der Waals surface area (Å²) in [5.74, 6) is 0.308. The van der Waals surface area contributed by atoms with Gasteiger partial charge in [0.25, 0.3) is 0 Å². The van der Waals surface area contributed by atoms with Crippen molar-refractivity contribution in [3.8, 4) is 0 Å².